The van der Waals surface area contributed by atoms with E-state index in [0.717, 1.165) is 19.6 Å². The van der Waals surface area contributed by atoms with Gasteiger partial charge in [-0.05, 0) is 25.9 Å². The summed E-state index contributed by atoms with van der Waals surface area (Å²) in [4.78, 5) is 13.4. The summed E-state index contributed by atoms with van der Waals surface area (Å²) >= 11 is 0. The highest BCUT2D eigenvalue weighted by molar-refractivity contribution is 5.77. The molecule has 0 aromatic carbocycles. The standard InChI is InChI=1S/C10H18F3N3O/c11-10(12,13)8-14-7-9(17)15-3-6-16-4-1-2-5-16/h14H,1-8H2,(H,15,17). The molecule has 1 aliphatic rings. The van der Waals surface area contributed by atoms with Crippen molar-refractivity contribution in [1.29, 1.82) is 0 Å². The summed E-state index contributed by atoms with van der Waals surface area (Å²) in [6.07, 6.45) is -1.90. The van der Waals surface area contributed by atoms with Crippen molar-refractivity contribution in [3.8, 4) is 0 Å². The fourth-order valence-corrected chi connectivity index (χ4v) is 1.74. The third kappa shape index (κ3) is 7.17. The second-order valence-corrected chi connectivity index (χ2v) is 4.12. The van der Waals surface area contributed by atoms with Crippen LogP contribution in [0.1, 0.15) is 12.8 Å². The van der Waals surface area contributed by atoms with E-state index in [-0.39, 0.29) is 6.54 Å². The van der Waals surface area contributed by atoms with Crippen molar-refractivity contribution in [2.75, 3.05) is 39.3 Å². The van der Waals surface area contributed by atoms with Crippen molar-refractivity contribution in [3.05, 3.63) is 0 Å². The van der Waals surface area contributed by atoms with E-state index < -0.39 is 18.6 Å². The largest absolute Gasteiger partial charge is 0.401 e. The van der Waals surface area contributed by atoms with Gasteiger partial charge in [-0.25, -0.2) is 0 Å². The minimum Gasteiger partial charge on any atom is -0.354 e. The SMILES string of the molecule is O=C(CNCC(F)(F)F)NCCN1CCCC1. The molecule has 2 N–H and O–H groups in total. The molecule has 1 aliphatic heterocycles. The van der Waals surface area contributed by atoms with Crippen LogP contribution in [0.2, 0.25) is 0 Å². The molecule has 0 saturated carbocycles. The van der Waals surface area contributed by atoms with Gasteiger partial charge in [0.05, 0.1) is 13.1 Å². The molecule has 0 atom stereocenters. The molecular weight excluding hydrogens is 235 g/mol. The van der Waals surface area contributed by atoms with Crippen LogP contribution in [0.5, 0.6) is 0 Å². The molecule has 100 valence electrons. The normalized spacial score (nSPS) is 17.4. The van der Waals surface area contributed by atoms with Gasteiger partial charge in [0.25, 0.3) is 0 Å². The Morgan fingerprint density at radius 2 is 1.88 bits per heavy atom. The van der Waals surface area contributed by atoms with Gasteiger partial charge in [0.1, 0.15) is 0 Å². The molecule has 0 aromatic rings. The topological polar surface area (TPSA) is 44.4 Å². The average molecular weight is 253 g/mol. The third-order valence-corrected chi connectivity index (χ3v) is 2.56. The van der Waals surface area contributed by atoms with Gasteiger partial charge in [0, 0.05) is 13.1 Å². The van der Waals surface area contributed by atoms with Crippen LogP contribution < -0.4 is 10.6 Å². The van der Waals surface area contributed by atoms with Crippen LogP contribution in [0.25, 0.3) is 0 Å². The van der Waals surface area contributed by atoms with Gasteiger partial charge in [0.2, 0.25) is 5.91 Å². The number of likely N-dealkylation sites (tertiary alicyclic amines) is 1. The van der Waals surface area contributed by atoms with Gasteiger partial charge in [-0.2, -0.15) is 13.2 Å². The zero-order chi connectivity index (χ0) is 12.7. The molecule has 0 aliphatic carbocycles. The maximum Gasteiger partial charge on any atom is 0.401 e. The number of nitrogens with zero attached hydrogens (tertiary/aromatic N) is 1. The van der Waals surface area contributed by atoms with Crippen LogP contribution in [-0.4, -0.2) is 56.3 Å². The number of nitrogens with one attached hydrogen (secondary N) is 2. The zero-order valence-corrected chi connectivity index (χ0v) is 9.65. The Labute approximate surface area is 98.5 Å². The monoisotopic (exact) mass is 253 g/mol. The molecule has 17 heavy (non-hydrogen) atoms. The Hall–Kier alpha value is -0.820. The van der Waals surface area contributed by atoms with Crippen molar-refractivity contribution in [1.82, 2.24) is 15.5 Å². The Bertz CT molecular complexity index is 239. The average Bonchev–Trinajstić information content (AvgIpc) is 2.68. The van der Waals surface area contributed by atoms with Crippen molar-refractivity contribution in [2.24, 2.45) is 0 Å². The quantitative estimate of drug-likeness (QED) is 0.718. The van der Waals surface area contributed by atoms with Crippen molar-refractivity contribution < 1.29 is 18.0 Å². The summed E-state index contributed by atoms with van der Waals surface area (Å²) in [6.45, 7) is 1.92. The molecule has 4 nitrogen and oxygen atoms in total. The van der Waals surface area contributed by atoms with Crippen LogP contribution in [0.15, 0.2) is 0 Å². The van der Waals surface area contributed by atoms with Crippen LogP contribution in [0.3, 0.4) is 0 Å². The second-order valence-electron chi connectivity index (χ2n) is 4.12. The lowest BCUT2D eigenvalue weighted by atomic mass is 10.4. The van der Waals surface area contributed by atoms with Gasteiger partial charge >= 0.3 is 6.18 Å². The van der Waals surface area contributed by atoms with Gasteiger partial charge < -0.3 is 15.5 Å². The highest BCUT2D eigenvalue weighted by Crippen LogP contribution is 2.11. The van der Waals surface area contributed by atoms with Gasteiger partial charge in [-0.3, -0.25) is 4.79 Å². The first kappa shape index (κ1) is 14.2. The molecule has 1 heterocycles. The lowest BCUT2D eigenvalue weighted by Gasteiger charge is -2.14. The molecule has 0 radical (unpaired) electrons. The number of hydrogen-bond donors (Lipinski definition) is 2. The predicted octanol–water partition coefficient (Wildman–Crippen LogP) is 0.350. The van der Waals surface area contributed by atoms with Gasteiger partial charge in [-0.1, -0.05) is 0 Å². The van der Waals surface area contributed by atoms with Crippen LogP contribution >= 0.6 is 0 Å². The van der Waals surface area contributed by atoms with Crippen molar-refractivity contribution in [3.63, 3.8) is 0 Å². The minimum absolute atomic E-state index is 0.292. The van der Waals surface area contributed by atoms with E-state index in [9.17, 15) is 18.0 Å². The highest BCUT2D eigenvalue weighted by atomic mass is 19.4. The predicted molar refractivity (Wildman–Crippen MR) is 57.6 cm³/mol. The Balaban J connectivity index is 1.97. The number of alkyl halides is 3. The lowest BCUT2D eigenvalue weighted by molar-refractivity contribution is -0.128. The number of hydrogen-bond acceptors (Lipinski definition) is 3. The van der Waals surface area contributed by atoms with E-state index in [1.807, 2.05) is 0 Å². The van der Waals surface area contributed by atoms with Crippen LogP contribution in [0, 0.1) is 0 Å². The Kier molecular flexibility index (Phi) is 5.70. The summed E-state index contributed by atoms with van der Waals surface area (Å²) in [5.74, 6) is -0.395. The van der Waals surface area contributed by atoms with Crippen LogP contribution in [0.4, 0.5) is 13.2 Å². The number of halogens is 3. The molecule has 1 saturated heterocycles. The smallest absolute Gasteiger partial charge is 0.354 e. The van der Waals surface area contributed by atoms with E-state index in [4.69, 9.17) is 0 Å². The first-order valence-electron chi connectivity index (χ1n) is 5.74. The zero-order valence-electron chi connectivity index (χ0n) is 9.65. The molecule has 0 aromatic heterocycles. The second kappa shape index (κ2) is 6.80. The molecule has 0 bridgehead atoms. The van der Waals surface area contributed by atoms with E-state index in [2.05, 4.69) is 15.5 Å². The van der Waals surface area contributed by atoms with Gasteiger partial charge in [-0.15, -0.1) is 0 Å². The fourth-order valence-electron chi connectivity index (χ4n) is 1.74. The molecule has 0 unspecified atom stereocenters. The molecule has 1 fully saturated rings. The number of carbonyl (C=O) groups excluding carboxylic acids is 1. The van der Waals surface area contributed by atoms with E-state index in [0.29, 0.717) is 6.54 Å². The van der Waals surface area contributed by atoms with E-state index in [1.54, 1.807) is 0 Å². The first-order chi connectivity index (χ1) is 7.97. The fraction of sp³-hybridized carbons (Fsp3) is 0.900. The molecule has 7 heteroatoms. The molecular formula is C10H18F3N3O. The highest BCUT2D eigenvalue weighted by Gasteiger charge is 2.26. The van der Waals surface area contributed by atoms with Crippen molar-refractivity contribution in [2.45, 2.75) is 19.0 Å². The summed E-state index contributed by atoms with van der Waals surface area (Å²) in [6, 6.07) is 0. The van der Waals surface area contributed by atoms with E-state index >= 15 is 0 Å². The minimum atomic E-state index is -4.27. The van der Waals surface area contributed by atoms with Crippen LogP contribution in [-0.2, 0) is 4.79 Å². The third-order valence-electron chi connectivity index (χ3n) is 2.56. The number of carbonyl (C=O) groups is 1. The van der Waals surface area contributed by atoms with E-state index in [1.165, 1.54) is 12.8 Å². The molecule has 1 amide bonds. The Morgan fingerprint density at radius 1 is 1.24 bits per heavy atom. The number of amides is 1. The summed E-state index contributed by atoms with van der Waals surface area (Å²) in [5, 5.41) is 4.64. The summed E-state index contributed by atoms with van der Waals surface area (Å²) in [7, 11) is 0. The maximum atomic E-state index is 11.8. The van der Waals surface area contributed by atoms with Crippen molar-refractivity contribution >= 4 is 5.91 Å². The number of rotatable bonds is 6. The first-order valence-corrected chi connectivity index (χ1v) is 5.74. The molecule has 0 spiro atoms. The maximum absolute atomic E-state index is 11.8. The molecule has 1 rings (SSSR count). The van der Waals surface area contributed by atoms with Gasteiger partial charge in [0.15, 0.2) is 0 Å². The Morgan fingerprint density at radius 3 is 2.47 bits per heavy atom. The lowest BCUT2D eigenvalue weighted by Crippen LogP contribution is -2.40. The summed E-state index contributed by atoms with van der Waals surface area (Å²) < 4.78 is 35.3. The summed E-state index contributed by atoms with van der Waals surface area (Å²) in [5.41, 5.74) is 0.